The van der Waals surface area contributed by atoms with Crippen LogP contribution in [0.5, 0.6) is 11.5 Å². The van der Waals surface area contributed by atoms with Crippen LogP contribution in [0.15, 0.2) is 48.5 Å². The Hall–Kier alpha value is -2.97. The fourth-order valence-corrected chi connectivity index (χ4v) is 3.69. The van der Waals surface area contributed by atoms with Gasteiger partial charge < -0.3 is 14.2 Å². The molecule has 0 spiro atoms. The lowest BCUT2D eigenvalue weighted by molar-refractivity contribution is -0.118. The molecule has 1 heterocycles. The first kappa shape index (κ1) is 20.8. The Morgan fingerprint density at radius 1 is 1.00 bits per heavy atom. The van der Waals surface area contributed by atoms with Crippen molar-refractivity contribution in [1.29, 1.82) is 0 Å². The predicted octanol–water partition coefficient (Wildman–Crippen LogP) is 3.44. The van der Waals surface area contributed by atoms with Gasteiger partial charge in [-0.05, 0) is 30.3 Å². The zero-order chi connectivity index (χ0) is 20.6. The van der Waals surface area contributed by atoms with Crippen LogP contribution in [0.4, 0.5) is 5.13 Å². The van der Waals surface area contributed by atoms with E-state index >= 15 is 0 Å². The molecule has 0 aliphatic carbocycles. The summed E-state index contributed by atoms with van der Waals surface area (Å²) in [5.41, 5.74) is 1.74. The van der Waals surface area contributed by atoms with Crippen molar-refractivity contribution >= 4 is 22.4 Å². The van der Waals surface area contributed by atoms with Crippen molar-refractivity contribution in [2.45, 2.75) is 6.42 Å². The summed E-state index contributed by atoms with van der Waals surface area (Å²) >= 11 is 1.36. The number of benzene rings is 2. The van der Waals surface area contributed by atoms with Crippen LogP contribution in [-0.4, -0.2) is 50.6 Å². The van der Waals surface area contributed by atoms with Crippen LogP contribution < -0.4 is 14.4 Å². The predicted molar refractivity (Wildman–Crippen MR) is 113 cm³/mol. The number of aromatic nitrogens is 2. The molecular weight excluding hydrogens is 390 g/mol. The van der Waals surface area contributed by atoms with Gasteiger partial charge in [-0.3, -0.25) is 9.69 Å². The van der Waals surface area contributed by atoms with Gasteiger partial charge in [0.15, 0.2) is 0 Å². The Labute approximate surface area is 173 Å². The van der Waals surface area contributed by atoms with Gasteiger partial charge in [-0.15, -0.1) is 10.2 Å². The number of nitrogens with zero attached hydrogens (tertiary/aromatic N) is 3. The Kier molecular flexibility index (Phi) is 7.15. The lowest BCUT2D eigenvalue weighted by Gasteiger charge is -2.19. The van der Waals surface area contributed by atoms with Gasteiger partial charge in [0, 0.05) is 18.2 Å². The van der Waals surface area contributed by atoms with E-state index in [0.717, 1.165) is 21.9 Å². The first-order valence-electron chi connectivity index (χ1n) is 9.05. The molecule has 7 nitrogen and oxygen atoms in total. The zero-order valence-corrected chi connectivity index (χ0v) is 17.4. The van der Waals surface area contributed by atoms with Crippen LogP contribution in [0, 0.1) is 0 Å². The first-order valence-corrected chi connectivity index (χ1v) is 9.87. The highest BCUT2D eigenvalue weighted by molar-refractivity contribution is 7.18. The van der Waals surface area contributed by atoms with E-state index in [1.807, 2.05) is 48.5 Å². The molecule has 0 N–H and O–H groups in total. The van der Waals surface area contributed by atoms with Crippen molar-refractivity contribution in [2.75, 3.05) is 39.4 Å². The van der Waals surface area contributed by atoms with E-state index < -0.39 is 0 Å². The Bertz CT molecular complexity index is 943. The summed E-state index contributed by atoms with van der Waals surface area (Å²) < 4.78 is 15.7. The number of carbonyl (C=O) groups is 1. The third-order valence-electron chi connectivity index (χ3n) is 4.34. The van der Waals surface area contributed by atoms with E-state index in [-0.39, 0.29) is 12.3 Å². The number of methoxy groups -OCH3 is 3. The van der Waals surface area contributed by atoms with E-state index in [1.54, 1.807) is 26.2 Å². The van der Waals surface area contributed by atoms with E-state index in [1.165, 1.54) is 11.3 Å². The maximum absolute atomic E-state index is 13.1. The Balaban J connectivity index is 1.82. The quantitative estimate of drug-likeness (QED) is 0.535. The molecule has 8 heteroatoms. The summed E-state index contributed by atoms with van der Waals surface area (Å²) in [5.74, 6) is 1.36. The minimum absolute atomic E-state index is 0.0935. The molecule has 1 aromatic heterocycles. The molecule has 0 saturated carbocycles. The topological polar surface area (TPSA) is 73.8 Å². The molecule has 0 unspecified atom stereocenters. The lowest BCUT2D eigenvalue weighted by Crippen LogP contribution is -2.35. The standard InChI is InChI=1S/C21H23N3O4S/c1-26-13-12-24(19(25)14-16-6-4-5-7-18(16)28-3)21-23-22-20(29-21)15-8-10-17(27-2)11-9-15/h4-11H,12-14H2,1-3H3. The highest BCUT2D eigenvalue weighted by Crippen LogP contribution is 2.30. The molecule has 2 aromatic carbocycles. The molecule has 0 bridgehead atoms. The largest absolute Gasteiger partial charge is 0.497 e. The van der Waals surface area contributed by atoms with Crippen molar-refractivity contribution in [3.63, 3.8) is 0 Å². The van der Waals surface area contributed by atoms with Gasteiger partial charge in [-0.1, -0.05) is 29.5 Å². The number of hydrogen-bond acceptors (Lipinski definition) is 7. The fraction of sp³-hybridized carbons (Fsp3) is 0.286. The third kappa shape index (κ3) is 5.10. The average Bonchev–Trinajstić information content (AvgIpc) is 3.24. The highest BCUT2D eigenvalue weighted by atomic mass is 32.1. The monoisotopic (exact) mass is 413 g/mol. The maximum atomic E-state index is 13.1. The molecule has 0 saturated heterocycles. The molecule has 29 heavy (non-hydrogen) atoms. The van der Waals surface area contributed by atoms with E-state index in [2.05, 4.69) is 10.2 Å². The summed E-state index contributed by atoms with van der Waals surface area (Å²) in [6.45, 7) is 0.789. The van der Waals surface area contributed by atoms with E-state index in [4.69, 9.17) is 14.2 Å². The van der Waals surface area contributed by atoms with Crippen molar-refractivity contribution in [1.82, 2.24) is 10.2 Å². The molecule has 0 fully saturated rings. The van der Waals surface area contributed by atoms with Crippen LogP contribution in [-0.2, 0) is 16.0 Å². The molecular formula is C21H23N3O4S. The number of ether oxygens (including phenoxy) is 3. The van der Waals surface area contributed by atoms with Crippen molar-refractivity contribution < 1.29 is 19.0 Å². The van der Waals surface area contributed by atoms with Crippen LogP contribution >= 0.6 is 11.3 Å². The van der Waals surface area contributed by atoms with E-state index in [9.17, 15) is 4.79 Å². The van der Waals surface area contributed by atoms with Crippen molar-refractivity contribution in [3.8, 4) is 22.1 Å². The summed E-state index contributed by atoms with van der Waals surface area (Å²) in [6, 6.07) is 15.1. The second-order valence-electron chi connectivity index (χ2n) is 6.15. The zero-order valence-electron chi connectivity index (χ0n) is 16.6. The number of carbonyl (C=O) groups excluding carboxylic acids is 1. The van der Waals surface area contributed by atoms with Gasteiger partial charge in [0.25, 0.3) is 0 Å². The van der Waals surface area contributed by atoms with Crippen LogP contribution in [0.3, 0.4) is 0 Å². The summed E-state index contributed by atoms with van der Waals surface area (Å²) in [5, 5.41) is 9.78. The van der Waals surface area contributed by atoms with Gasteiger partial charge in [-0.2, -0.15) is 0 Å². The van der Waals surface area contributed by atoms with Gasteiger partial charge in [0.05, 0.1) is 33.8 Å². The first-order chi connectivity index (χ1) is 14.2. The van der Waals surface area contributed by atoms with Crippen molar-refractivity contribution in [2.24, 2.45) is 0 Å². The molecule has 0 aliphatic heterocycles. The van der Waals surface area contributed by atoms with Gasteiger partial charge in [-0.25, -0.2) is 0 Å². The molecule has 3 aromatic rings. The number of anilines is 1. The minimum atomic E-state index is -0.0935. The summed E-state index contributed by atoms with van der Waals surface area (Å²) in [4.78, 5) is 14.7. The third-order valence-corrected chi connectivity index (χ3v) is 5.33. The van der Waals surface area contributed by atoms with Crippen molar-refractivity contribution in [3.05, 3.63) is 54.1 Å². The molecule has 0 radical (unpaired) electrons. The molecule has 0 atom stereocenters. The maximum Gasteiger partial charge on any atom is 0.233 e. The number of para-hydroxylation sites is 1. The second-order valence-corrected chi connectivity index (χ2v) is 7.10. The number of amides is 1. The van der Waals surface area contributed by atoms with Crippen LogP contribution in [0.1, 0.15) is 5.56 Å². The highest BCUT2D eigenvalue weighted by Gasteiger charge is 2.22. The summed E-state index contributed by atoms with van der Waals surface area (Å²) in [6.07, 6.45) is 0.200. The average molecular weight is 413 g/mol. The molecule has 0 aliphatic rings. The van der Waals surface area contributed by atoms with Crippen LogP contribution in [0.25, 0.3) is 10.6 Å². The van der Waals surface area contributed by atoms with Gasteiger partial charge in [0.1, 0.15) is 16.5 Å². The van der Waals surface area contributed by atoms with Gasteiger partial charge in [0.2, 0.25) is 11.0 Å². The second kappa shape index (κ2) is 9.99. The lowest BCUT2D eigenvalue weighted by atomic mass is 10.1. The van der Waals surface area contributed by atoms with Crippen LogP contribution in [0.2, 0.25) is 0 Å². The fourth-order valence-electron chi connectivity index (χ4n) is 2.79. The Morgan fingerprint density at radius 2 is 1.76 bits per heavy atom. The minimum Gasteiger partial charge on any atom is -0.497 e. The molecule has 1 amide bonds. The smallest absolute Gasteiger partial charge is 0.233 e. The van der Waals surface area contributed by atoms with E-state index in [0.29, 0.717) is 24.0 Å². The van der Waals surface area contributed by atoms with Gasteiger partial charge >= 0.3 is 0 Å². The summed E-state index contributed by atoms with van der Waals surface area (Å²) in [7, 11) is 4.82. The molecule has 152 valence electrons. The SMILES string of the molecule is COCCN(C(=O)Cc1ccccc1OC)c1nnc(-c2ccc(OC)cc2)s1. The normalized spacial score (nSPS) is 10.6. The number of rotatable bonds is 9. The Morgan fingerprint density at radius 3 is 2.45 bits per heavy atom. The molecule has 3 rings (SSSR count). The number of hydrogen-bond donors (Lipinski definition) is 0.